The van der Waals surface area contributed by atoms with Gasteiger partial charge in [-0.05, 0) is 24.4 Å². The van der Waals surface area contributed by atoms with E-state index in [1.54, 1.807) is 23.5 Å². The van der Waals surface area contributed by atoms with Crippen LogP contribution in [0.5, 0.6) is 11.5 Å². The monoisotopic (exact) mass is 385 g/mol. The van der Waals surface area contributed by atoms with Gasteiger partial charge in [0.2, 0.25) is 24.4 Å². The number of benzene rings is 1. The lowest BCUT2D eigenvalue weighted by Crippen LogP contribution is -2.14. The fraction of sp³-hybridized carbons (Fsp3) is 0.222. The van der Waals surface area contributed by atoms with Gasteiger partial charge in [0.15, 0.2) is 17.3 Å². The largest absolute Gasteiger partial charge is 0.454 e. The highest BCUT2D eigenvalue weighted by atomic mass is 32.1. The minimum absolute atomic E-state index is 0.0910. The van der Waals surface area contributed by atoms with Gasteiger partial charge in [0.25, 0.3) is 0 Å². The smallest absolute Gasteiger partial charge is 0.231 e. The third-order valence-corrected chi connectivity index (χ3v) is 4.66. The maximum atomic E-state index is 12.3. The average molecular weight is 385 g/mol. The van der Waals surface area contributed by atoms with Crippen molar-refractivity contribution in [3.05, 3.63) is 40.4 Å². The van der Waals surface area contributed by atoms with Crippen LogP contribution in [-0.4, -0.2) is 28.6 Å². The molecule has 1 aliphatic rings. The van der Waals surface area contributed by atoms with Gasteiger partial charge in [0, 0.05) is 35.4 Å². The van der Waals surface area contributed by atoms with Crippen molar-refractivity contribution >= 4 is 28.7 Å². The number of rotatable bonds is 6. The molecule has 4 rings (SSSR count). The van der Waals surface area contributed by atoms with E-state index in [0.717, 1.165) is 5.56 Å². The van der Waals surface area contributed by atoms with Gasteiger partial charge in [-0.3, -0.25) is 9.59 Å². The van der Waals surface area contributed by atoms with E-state index in [4.69, 9.17) is 14.0 Å². The lowest BCUT2D eigenvalue weighted by Gasteiger charge is -2.10. The molecule has 8 nitrogen and oxygen atoms in total. The molecular weight excluding hydrogens is 370 g/mol. The van der Waals surface area contributed by atoms with E-state index in [-0.39, 0.29) is 24.9 Å². The lowest BCUT2D eigenvalue weighted by atomic mass is 10.1. The topological polar surface area (TPSA) is 104 Å². The first-order valence-corrected chi connectivity index (χ1v) is 9.14. The molecule has 27 heavy (non-hydrogen) atoms. The SMILES string of the molecule is CC(=O)c1cc2c(cc1NC(=O)CCc1nc(-c3ccsc3)no1)OCO2. The summed E-state index contributed by atoms with van der Waals surface area (Å²) in [5.41, 5.74) is 1.64. The lowest BCUT2D eigenvalue weighted by molar-refractivity contribution is -0.116. The highest BCUT2D eigenvalue weighted by molar-refractivity contribution is 7.08. The first-order valence-electron chi connectivity index (χ1n) is 8.20. The van der Waals surface area contributed by atoms with Gasteiger partial charge < -0.3 is 19.3 Å². The Kier molecular flexibility index (Phi) is 4.59. The number of hydrogen-bond acceptors (Lipinski definition) is 8. The van der Waals surface area contributed by atoms with Gasteiger partial charge in [-0.2, -0.15) is 16.3 Å². The maximum absolute atomic E-state index is 12.3. The van der Waals surface area contributed by atoms with E-state index < -0.39 is 0 Å². The molecule has 2 aromatic heterocycles. The number of carbonyl (C=O) groups excluding carboxylic acids is 2. The van der Waals surface area contributed by atoms with E-state index in [1.165, 1.54) is 6.92 Å². The van der Waals surface area contributed by atoms with Gasteiger partial charge in [-0.25, -0.2) is 0 Å². The summed E-state index contributed by atoms with van der Waals surface area (Å²) in [5.74, 6) is 1.41. The second-order valence-corrected chi connectivity index (χ2v) is 6.66. The Morgan fingerprint density at radius 3 is 2.81 bits per heavy atom. The van der Waals surface area contributed by atoms with Gasteiger partial charge in [-0.15, -0.1) is 0 Å². The fourth-order valence-electron chi connectivity index (χ4n) is 2.64. The third kappa shape index (κ3) is 3.68. The van der Waals surface area contributed by atoms with Crippen molar-refractivity contribution < 1.29 is 23.6 Å². The predicted octanol–water partition coefficient (Wildman–Crippen LogP) is 3.30. The molecular formula is C18H15N3O5S. The number of thiophene rings is 1. The molecule has 0 atom stereocenters. The van der Waals surface area contributed by atoms with Gasteiger partial charge in [-0.1, -0.05) is 5.16 Å². The molecule has 3 heterocycles. The molecule has 0 unspecified atom stereocenters. The van der Waals surface area contributed by atoms with Crippen molar-refractivity contribution in [2.75, 3.05) is 12.1 Å². The normalized spacial score (nSPS) is 12.2. The molecule has 0 saturated carbocycles. The molecule has 3 aromatic rings. The van der Waals surface area contributed by atoms with Crippen LogP contribution >= 0.6 is 11.3 Å². The molecule has 0 fully saturated rings. The van der Waals surface area contributed by atoms with E-state index >= 15 is 0 Å². The molecule has 0 saturated heterocycles. The van der Waals surface area contributed by atoms with E-state index in [1.807, 2.05) is 16.8 Å². The second-order valence-electron chi connectivity index (χ2n) is 5.88. The van der Waals surface area contributed by atoms with Crippen LogP contribution in [0, 0.1) is 0 Å². The summed E-state index contributed by atoms with van der Waals surface area (Å²) in [5, 5.41) is 10.5. The molecule has 1 N–H and O–H groups in total. The predicted molar refractivity (Wildman–Crippen MR) is 97.1 cm³/mol. The quantitative estimate of drug-likeness (QED) is 0.649. The van der Waals surface area contributed by atoms with Crippen LogP contribution in [0.3, 0.4) is 0 Å². The van der Waals surface area contributed by atoms with Crippen LogP contribution < -0.4 is 14.8 Å². The van der Waals surface area contributed by atoms with Crippen molar-refractivity contribution in [1.29, 1.82) is 0 Å². The van der Waals surface area contributed by atoms with Crippen molar-refractivity contribution in [2.24, 2.45) is 0 Å². The Balaban J connectivity index is 1.42. The van der Waals surface area contributed by atoms with Crippen molar-refractivity contribution in [3.8, 4) is 22.9 Å². The van der Waals surface area contributed by atoms with Crippen LogP contribution in [0.2, 0.25) is 0 Å². The number of hydrogen-bond donors (Lipinski definition) is 1. The number of carbonyl (C=O) groups is 2. The molecule has 0 radical (unpaired) electrons. The summed E-state index contributed by atoms with van der Waals surface area (Å²) in [7, 11) is 0. The Bertz CT molecular complexity index is 997. The minimum atomic E-state index is -0.272. The molecule has 1 amide bonds. The van der Waals surface area contributed by atoms with Crippen LogP contribution in [0.15, 0.2) is 33.5 Å². The minimum Gasteiger partial charge on any atom is -0.454 e. The number of fused-ring (bicyclic) bond motifs is 1. The van der Waals surface area contributed by atoms with Gasteiger partial charge in [0.1, 0.15) is 0 Å². The third-order valence-electron chi connectivity index (χ3n) is 3.98. The van der Waals surface area contributed by atoms with E-state index in [9.17, 15) is 9.59 Å². The van der Waals surface area contributed by atoms with E-state index in [2.05, 4.69) is 15.5 Å². The Morgan fingerprint density at radius 1 is 1.26 bits per heavy atom. The van der Waals surface area contributed by atoms with E-state index in [0.29, 0.717) is 40.9 Å². The molecule has 1 aliphatic heterocycles. The number of nitrogens with one attached hydrogen (secondary N) is 1. The van der Waals surface area contributed by atoms with Crippen LogP contribution in [0.1, 0.15) is 29.6 Å². The molecule has 1 aromatic carbocycles. The van der Waals surface area contributed by atoms with Crippen LogP contribution in [0.4, 0.5) is 5.69 Å². The molecule has 0 aliphatic carbocycles. The number of Topliss-reactive ketones (excluding diaryl/α,β-unsaturated/α-hetero) is 1. The first-order chi connectivity index (χ1) is 13.1. The standard InChI is InChI=1S/C18H15N3O5S/c1-10(22)12-6-14-15(25-9-24-14)7-13(12)19-16(23)2-3-17-20-18(21-26-17)11-4-5-27-8-11/h4-8H,2-3,9H2,1H3,(H,19,23). The molecule has 0 bridgehead atoms. The van der Waals surface area contributed by atoms with Crippen molar-refractivity contribution in [1.82, 2.24) is 10.1 Å². The number of aromatic nitrogens is 2. The first kappa shape index (κ1) is 17.2. The summed E-state index contributed by atoms with van der Waals surface area (Å²) in [6.07, 6.45) is 0.431. The molecule has 138 valence electrons. The van der Waals surface area contributed by atoms with Crippen LogP contribution in [0.25, 0.3) is 11.4 Å². The number of ketones is 1. The highest BCUT2D eigenvalue weighted by Crippen LogP contribution is 2.37. The second kappa shape index (κ2) is 7.20. The number of aryl methyl sites for hydroxylation is 1. The molecule has 9 heteroatoms. The Morgan fingerprint density at radius 2 is 2.07 bits per heavy atom. The van der Waals surface area contributed by atoms with Gasteiger partial charge in [0.05, 0.1) is 5.69 Å². The summed E-state index contributed by atoms with van der Waals surface area (Å²) in [6, 6.07) is 5.07. The zero-order valence-corrected chi connectivity index (χ0v) is 15.2. The summed E-state index contributed by atoms with van der Waals surface area (Å²) in [4.78, 5) is 28.5. The Hall–Kier alpha value is -3.20. The van der Waals surface area contributed by atoms with Crippen LogP contribution in [-0.2, 0) is 11.2 Å². The van der Waals surface area contributed by atoms with Gasteiger partial charge >= 0.3 is 0 Å². The number of amides is 1. The summed E-state index contributed by atoms with van der Waals surface area (Å²) < 4.78 is 15.8. The number of anilines is 1. The van der Waals surface area contributed by atoms with Crippen molar-refractivity contribution in [3.63, 3.8) is 0 Å². The average Bonchev–Trinajstić information content (AvgIpc) is 3.38. The summed E-state index contributed by atoms with van der Waals surface area (Å²) >= 11 is 1.54. The summed E-state index contributed by atoms with van der Waals surface area (Å²) in [6.45, 7) is 1.52. The number of nitrogens with zero attached hydrogens (tertiary/aromatic N) is 2. The fourth-order valence-corrected chi connectivity index (χ4v) is 3.27. The zero-order chi connectivity index (χ0) is 18.8. The molecule has 0 spiro atoms. The number of ether oxygens (including phenoxy) is 2. The Labute approximate surface area is 158 Å². The zero-order valence-electron chi connectivity index (χ0n) is 14.4. The highest BCUT2D eigenvalue weighted by Gasteiger charge is 2.20. The van der Waals surface area contributed by atoms with Crippen molar-refractivity contribution in [2.45, 2.75) is 19.8 Å². The maximum Gasteiger partial charge on any atom is 0.231 e.